The van der Waals surface area contributed by atoms with Crippen molar-refractivity contribution in [3.63, 3.8) is 0 Å². The van der Waals surface area contributed by atoms with Crippen molar-refractivity contribution in [3.05, 3.63) is 41.2 Å². The molecule has 0 spiro atoms. The molecule has 5 heteroatoms. The third-order valence-corrected chi connectivity index (χ3v) is 5.09. The highest BCUT2D eigenvalue weighted by Gasteiger charge is 2.42. The van der Waals surface area contributed by atoms with Gasteiger partial charge < -0.3 is 14.7 Å². The van der Waals surface area contributed by atoms with Gasteiger partial charge in [0, 0.05) is 6.54 Å². The van der Waals surface area contributed by atoms with Crippen molar-refractivity contribution in [3.8, 4) is 5.75 Å². The Labute approximate surface area is 155 Å². The van der Waals surface area contributed by atoms with E-state index in [1.54, 1.807) is 12.0 Å². The normalized spacial score (nSPS) is 18.4. The van der Waals surface area contributed by atoms with Gasteiger partial charge in [-0.1, -0.05) is 45.2 Å². The minimum Gasteiger partial charge on any atom is -0.503 e. The molecule has 26 heavy (non-hydrogen) atoms. The highest BCUT2D eigenvalue weighted by molar-refractivity contribution is 6.08. The number of aliphatic hydroxyl groups is 1. The van der Waals surface area contributed by atoms with Gasteiger partial charge in [0.1, 0.15) is 5.75 Å². The number of ketones is 1. The molecule has 1 aliphatic rings. The van der Waals surface area contributed by atoms with E-state index in [0.717, 1.165) is 31.2 Å². The van der Waals surface area contributed by atoms with Crippen LogP contribution < -0.4 is 4.74 Å². The largest absolute Gasteiger partial charge is 0.503 e. The van der Waals surface area contributed by atoms with Crippen molar-refractivity contribution in [2.75, 3.05) is 13.7 Å². The summed E-state index contributed by atoms with van der Waals surface area (Å²) in [4.78, 5) is 26.5. The van der Waals surface area contributed by atoms with Crippen LogP contribution in [0.25, 0.3) is 0 Å². The van der Waals surface area contributed by atoms with Crippen LogP contribution in [0.3, 0.4) is 0 Å². The van der Waals surface area contributed by atoms with Crippen molar-refractivity contribution in [1.29, 1.82) is 0 Å². The Morgan fingerprint density at radius 3 is 2.65 bits per heavy atom. The predicted molar refractivity (Wildman–Crippen MR) is 101 cm³/mol. The summed E-state index contributed by atoms with van der Waals surface area (Å²) in [5.41, 5.74) is 0.950. The smallest absolute Gasteiger partial charge is 0.290 e. The number of benzene rings is 1. The van der Waals surface area contributed by atoms with Crippen LogP contribution in [0.4, 0.5) is 0 Å². The van der Waals surface area contributed by atoms with Gasteiger partial charge in [0.15, 0.2) is 11.5 Å². The number of unbranched alkanes of at least 4 members (excludes halogenated alkanes) is 1. The second-order valence-electron chi connectivity index (χ2n) is 6.87. The van der Waals surface area contributed by atoms with Gasteiger partial charge in [-0.15, -0.1) is 0 Å². The summed E-state index contributed by atoms with van der Waals surface area (Å²) in [7, 11) is 1.58. The summed E-state index contributed by atoms with van der Waals surface area (Å²) in [5, 5.41) is 10.4. The van der Waals surface area contributed by atoms with Crippen LogP contribution in [0, 0.1) is 5.92 Å². The van der Waals surface area contributed by atoms with Crippen molar-refractivity contribution >= 4 is 11.7 Å². The lowest BCUT2D eigenvalue weighted by Gasteiger charge is -2.30. The predicted octanol–water partition coefficient (Wildman–Crippen LogP) is 4.20. The summed E-state index contributed by atoms with van der Waals surface area (Å²) >= 11 is 0. The molecule has 0 saturated heterocycles. The van der Waals surface area contributed by atoms with E-state index >= 15 is 0 Å². The quantitative estimate of drug-likeness (QED) is 0.718. The average molecular weight is 359 g/mol. The Morgan fingerprint density at radius 1 is 1.35 bits per heavy atom. The van der Waals surface area contributed by atoms with E-state index in [1.165, 1.54) is 6.92 Å². The molecule has 0 saturated carbocycles. The Morgan fingerprint density at radius 2 is 2.08 bits per heavy atom. The Bertz CT molecular complexity index is 695. The number of carbonyl (C=O) groups is 2. The number of rotatable bonds is 9. The van der Waals surface area contributed by atoms with Gasteiger partial charge in [0.25, 0.3) is 5.91 Å². The standard InChI is InChI=1S/C21H29NO4/c1-5-7-9-15(6-2)13-22-19(16-10-8-11-17(12-16)26-4)18(14(3)23)20(24)21(22)25/h8,10-12,15,19,24H,5-7,9,13H2,1-4H3/t15-,19-/m0/s1. The van der Waals surface area contributed by atoms with Crippen LogP contribution in [0.1, 0.15) is 58.1 Å². The fourth-order valence-corrected chi connectivity index (χ4v) is 3.56. The van der Waals surface area contributed by atoms with E-state index in [4.69, 9.17) is 4.74 Å². The van der Waals surface area contributed by atoms with E-state index in [1.807, 2.05) is 24.3 Å². The lowest BCUT2D eigenvalue weighted by molar-refractivity contribution is -0.130. The van der Waals surface area contributed by atoms with Gasteiger partial charge >= 0.3 is 0 Å². The third kappa shape index (κ3) is 4.09. The van der Waals surface area contributed by atoms with E-state index < -0.39 is 17.7 Å². The lowest BCUT2D eigenvalue weighted by atomic mass is 9.94. The van der Waals surface area contributed by atoms with Gasteiger partial charge in [0.2, 0.25) is 0 Å². The molecule has 1 N–H and O–H groups in total. The number of amides is 1. The van der Waals surface area contributed by atoms with Crippen LogP contribution in [0.5, 0.6) is 5.75 Å². The van der Waals surface area contributed by atoms with Gasteiger partial charge in [0.05, 0.1) is 18.7 Å². The SMILES string of the molecule is CCCC[C@H](CC)CN1C(=O)C(O)=C(C(C)=O)[C@@H]1c1cccc(OC)c1. The van der Waals surface area contributed by atoms with Crippen molar-refractivity contribution in [2.45, 2.75) is 52.5 Å². The van der Waals surface area contributed by atoms with Crippen LogP contribution in [-0.2, 0) is 9.59 Å². The Hall–Kier alpha value is -2.30. The number of methoxy groups -OCH3 is 1. The number of nitrogens with zero attached hydrogens (tertiary/aromatic N) is 1. The van der Waals surface area contributed by atoms with Gasteiger partial charge in [-0.05, 0) is 37.0 Å². The molecule has 142 valence electrons. The molecule has 0 fully saturated rings. The zero-order valence-corrected chi connectivity index (χ0v) is 16.1. The first kappa shape index (κ1) is 20.0. The molecule has 1 aromatic rings. The minimum atomic E-state index is -0.564. The van der Waals surface area contributed by atoms with E-state index in [-0.39, 0.29) is 11.4 Å². The average Bonchev–Trinajstić information content (AvgIpc) is 2.89. The summed E-state index contributed by atoms with van der Waals surface area (Å²) in [5.74, 6) is -0.172. The van der Waals surface area contributed by atoms with Crippen LogP contribution in [-0.4, -0.2) is 35.4 Å². The van der Waals surface area contributed by atoms with Crippen molar-refractivity contribution < 1.29 is 19.4 Å². The first-order valence-corrected chi connectivity index (χ1v) is 9.33. The first-order chi connectivity index (χ1) is 12.4. The fraction of sp³-hybridized carbons (Fsp3) is 0.524. The highest BCUT2D eigenvalue weighted by atomic mass is 16.5. The minimum absolute atomic E-state index is 0.175. The van der Waals surface area contributed by atoms with E-state index in [0.29, 0.717) is 18.2 Å². The van der Waals surface area contributed by atoms with Crippen molar-refractivity contribution in [1.82, 2.24) is 4.90 Å². The molecule has 0 radical (unpaired) electrons. The fourth-order valence-electron chi connectivity index (χ4n) is 3.56. The zero-order valence-electron chi connectivity index (χ0n) is 16.1. The molecule has 5 nitrogen and oxygen atoms in total. The van der Waals surface area contributed by atoms with Gasteiger partial charge in [-0.3, -0.25) is 9.59 Å². The van der Waals surface area contributed by atoms with Gasteiger partial charge in [-0.25, -0.2) is 0 Å². The second-order valence-corrected chi connectivity index (χ2v) is 6.87. The molecule has 1 aliphatic heterocycles. The molecule has 1 heterocycles. The maximum absolute atomic E-state index is 12.7. The molecule has 1 amide bonds. The number of ether oxygens (including phenoxy) is 1. The number of hydrogen-bond donors (Lipinski definition) is 1. The second kappa shape index (κ2) is 8.88. The molecule has 2 atom stereocenters. The molecule has 2 rings (SSSR count). The summed E-state index contributed by atoms with van der Waals surface area (Å²) < 4.78 is 5.29. The highest BCUT2D eigenvalue weighted by Crippen LogP contribution is 2.39. The third-order valence-electron chi connectivity index (χ3n) is 5.09. The van der Waals surface area contributed by atoms with E-state index in [9.17, 15) is 14.7 Å². The lowest BCUT2D eigenvalue weighted by Crippen LogP contribution is -2.35. The molecule has 0 unspecified atom stereocenters. The summed E-state index contributed by atoms with van der Waals surface area (Å²) in [6, 6.07) is 6.77. The van der Waals surface area contributed by atoms with Crippen LogP contribution in [0.15, 0.2) is 35.6 Å². The topological polar surface area (TPSA) is 66.8 Å². The van der Waals surface area contributed by atoms with Crippen molar-refractivity contribution in [2.24, 2.45) is 5.92 Å². The van der Waals surface area contributed by atoms with Crippen LogP contribution >= 0.6 is 0 Å². The number of carbonyl (C=O) groups excluding carboxylic acids is 2. The number of hydrogen-bond acceptors (Lipinski definition) is 4. The molecule has 0 bridgehead atoms. The molecular formula is C21H29NO4. The van der Waals surface area contributed by atoms with Gasteiger partial charge in [-0.2, -0.15) is 0 Å². The molecule has 0 aliphatic carbocycles. The summed E-state index contributed by atoms with van der Waals surface area (Å²) in [6.07, 6.45) is 4.18. The first-order valence-electron chi connectivity index (χ1n) is 9.33. The maximum atomic E-state index is 12.7. The zero-order chi connectivity index (χ0) is 19.3. The monoisotopic (exact) mass is 359 g/mol. The maximum Gasteiger partial charge on any atom is 0.290 e. The number of Topliss-reactive ketones (excluding diaryl/α,β-unsaturated/α-hetero) is 1. The van der Waals surface area contributed by atoms with E-state index in [2.05, 4.69) is 13.8 Å². The Balaban J connectivity index is 2.41. The Kier molecular flexibility index (Phi) is 6.83. The summed E-state index contributed by atoms with van der Waals surface area (Å²) in [6.45, 7) is 6.18. The molecular weight excluding hydrogens is 330 g/mol. The van der Waals surface area contributed by atoms with Crippen LogP contribution in [0.2, 0.25) is 0 Å². The molecule has 1 aromatic carbocycles. The number of aliphatic hydroxyl groups excluding tert-OH is 1. The molecule has 0 aromatic heterocycles.